The van der Waals surface area contributed by atoms with Gasteiger partial charge in [0.05, 0.1) is 17.5 Å². The molecule has 2 heterocycles. The van der Waals surface area contributed by atoms with Gasteiger partial charge in [0, 0.05) is 29.1 Å². The number of carbonyl (C=O) groups is 1. The van der Waals surface area contributed by atoms with Crippen molar-refractivity contribution in [1.29, 1.82) is 0 Å². The van der Waals surface area contributed by atoms with E-state index in [9.17, 15) is 9.90 Å². The standard InChI is InChI=1S/C19H15N3O3S/c1-22(13-3-5-17-12(8-13)6-7-25-17)19-21-15(10-26-19)11-2-4-16(23)14(9-11)18(20)24/h2-10,23H,1H3,(H2,20,24). The van der Waals surface area contributed by atoms with Gasteiger partial charge in [0.1, 0.15) is 11.3 Å². The molecule has 6 nitrogen and oxygen atoms in total. The fourth-order valence-corrected chi connectivity index (χ4v) is 3.54. The Bertz CT molecular complexity index is 1120. The van der Waals surface area contributed by atoms with Crippen molar-refractivity contribution in [2.24, 2.45) is 5.73 Å². The first-order valence-electron chi connectivity index (χ1n) is 7.82. The van der Waals surface area contributed by atoms with Gasteiger partial charge in [-0.05, 0) is 42.5 Å². The lowest BCUT2D eigenvalue weighted by atomic mass is 10.1. The number of nitrogens with zero attached hydrogens (tertiary/aromatic N) is 2. The summed E-state index contributed by atoms with van der Waals surface area (Å²) >= 11 is 1.49. The largest absolute Gasteiger partial charge is 0.507 e. The van der Waals surface area contributed by atoms with E-state index < -0.39 is 5.91 Å². The highest BCUT2D eigenvalue weighted by Crippen LogP contribution is 2.33. The van der Waals surface area contributed by atoms with E-state index in [-0.39, 0.29) is 11.3 Å². The van der Waals surface area contributed by atoms with Crippen LogP contribution in [0.1, 0.15) is 10.4 Å². The number of hydrogen-bond acceptors (Lipinski definition) is 6. The fraction of sp³-hybridized carbons (Fsp3) is 0.0526. The Labute approximate surface area is 153 Å². The second-order valence-corrected chi connectivity index (χ2v) is 6.65. The molecule has 2 aromatic carbocycles. The lowest BCUT2D eigenvalue weighted by Gasteiger charge is -2.15. The maximum absolute atomic E-state index is 11.4. The molecule has 3 N–H and O–H groups in total. The van der Waals surface area contributed by atoms with E-state index in [0.717, 1.165) is 27.4 Å². The van der Waals surface area contributed by atoms with E-state index >= 15 is 0 Å². The molecule has 0 radical (unpaired) electrons. The second-order valence-electron chi connectivity index (χ2n) is 5.81. The first kappa shape index (κ1) is 16.2. The van der Waals surface area contributed by atoms with Crippen molar-refractivity contribution >= 4 is 39.0 Å². The summed E-state index contributed by atoms with van der Waals surface area (Å²) < 4.78 is 5.37. The summed E-state index contributed by atoms with van der Waals surface area (Å²) in [6.45, 7) is 0. The van der Waals surface area contributed by atoms with Crippen LogP contribution in [0.15, 0.2) is 58.5 Å². The van der Waals surface area contributed by atoms with E-state index in [1.54, 1.807) is 18.4 Å². The molecule has 0 saturated heterocycles. The average Bonchev–Trinajstić information content (AvgIpc) is 3.30. The summed E-state index contributed by atoms with van der Waals surface area (Å²) in [5, 5.41) is 13.5. The van der Waals surface area contributed by atoms with Gasteiger partial charge in [-0.2, -0.15) is 0 Å². The number of aromatic hydroxyl groups is 1. The quantitative estimate of drug-likeness (QED) is 0.567. The van der Waals surface area contributed by atoms with Gasteiger partial charge in [0.2, 0.25) is 0 Å². The first-order chi connectivity index (χ1) is 12.5. The second kappa shape index (κ2) is 6.20. The molecule has 130 valence electrons. The molecule has 7 heteroatoms. The Balaban J connectivity index is 1.67. The summed E-state index contributed by atoms with van der Waals surface area (Å²) in [7, 11) is 1.94. The minimum Gasteiger partial charge on any atom is -0.507 e. The van der Waals surface area contributed by atoms with Crippen molar-refractivity contribution in [1.82, 2.24) is 4.98 Å². The minimum atomic E-state index is -0.676. The zero-order chi connectivity index (χ0) is 18.3. The van der Waals surface area contributed by atoms with Crippen LogP contribution >= 0.6 is 11.3 Å². The molecule has 2 aromatic heterocycles. The number of furan rings is 1. The van der Waals surface area contributed by atoms with Crippen molar-refractivity contribution in [3.63, 3.8) is 0 Å². The normalized spacial score (nSPS) is 11.0. The monoisotopic (exact) mass is 365 g/mol. The third-order valence-electron chi connectivity index (χ3n) is 4.16. The summed E-state index contributed by atoms with van der Waals surface area (Å²) in [4.78, 5) is 18.0. The Morgan fingerprint density at radius 1 is 1.23 bits per heavy atom. The van der Waals surface area contributed by atoms with Crippen molar-refractivity contribution in [3.8, 4) is 17.0 Å². The summed E-state index contributed by atoms with van der Waals surface area (Å²) in [5.41, 5.74) is 8.63. The van der Waals surface area contributed by atoms with E-state index in [1.807, 2.05) is 41.6 Å². The highest BCUT2D eigenvalue weighted by Gasteiger charge is 2.14. The molecule has 0 saturated carbocycles. The van der Waals surface area contributed by atoms with E-state index in [1.165, 1.54) is 17.4 Å². The number of benzene rings is 2. The molecule has 0 fully saturated rings. The van der Waals surface area contributed by atoms with Gasteiger partial charge < -0.3 is 20.2 Å². The van der Waals surface area contributed by atoms with E-state index in [2.05, 4.69) is 4.98 Å². The maximum Gasteiger partial charge on any atom is 0.252 e. The first-order valence-corrected chi connectivity index (χ1v) is 8.70. The molecular formula is C19H15N3O3S. The third-order valence-corrected chi connectivity index (χ3v) is 5.08. The van der Waals surface area contributed by atoms with Crippen molar-refractivity contribution in [3.05, 3.63) is 59.7 Å². The SMILES string of the molecule is CN(c1ccc2occc2c1)c1nc(-c2ccc(O)c(C(N)=O)c2)cs1. The van der Waals surface area contributed by atoms with Crippen LogP contribution in [-0.4, -0.2) is 23.0 Å². The summed E-state index contributed by atoms with van der Waals surface area (Å²) in [5.74, 6) is -0.812. The van der Waals surface area contributed by atoms with Crippen LogP contribution in [0.3, 0.4) is 0 Å². The fourth-order valence-electron chi connectivity index (χ4n) is 2.72. The minimum absolute atomic E-state index is 0.0795. The van der Waals surface area contributed by atoms with Crippen LogP contribution < -0.4 is 10.6 Å². The van der Waals surface area contributed by atoms with Gasteiger partial charge in [-0.1, -0.05) is 0 Å². The predicted octanol–water partition coefficient (Wildman–Crippen LogP) is 4.13. The lowest BCUT2D eigenvalue weighted by molar-refractivity contribution is 0.0998. The van der Waals surface area contributed by atoms with Gasteiger partial charge in [-0.25, -0.2) is 4.98 Å². The Morgan fingerprint density at radius 2 is 2.08 bits per heavy atom. The zero-order valence-corrected chi connectivity index (χ0v) is 14.7. The van der Waals surface area contributed by atoms with E-state index in [0.29, 0.717) is 5.69 Å². The van der Waals surface area contributed by atoms with Crippen LogP contribution in [0.5, 0.6) is 5.75 Å². The van der Waals surface area contributed by atoms with Crippen LogP contribution in [0.25, 0.3) is 22.2 Å². The highest BCUT2D eigenvalue weighted by molar-refractivity contribution is 7.14. The molecule has 0 atom stereocenters. The number of amides is 1. The smallest absolute Gasteiger partial charge is 0.252 e. The van der Waals surface area contributed by atoms with Crippen molar-refractivity contribution in [2.45, 2.75) is 0 Å². The Hall–Kier alpha value is -3.32. The summed E-state index contributed by atoms with van der Waals surface area (Å²) in [6, 6.07) is 12.6. The van der Waals surface area contributed by atoms with Crippen LogP contribution in [0, 0.1) is 0 Å². The van der Waals surface area contributed by atoms with Gasteiger partial charge in [-0.3, -0.25) is 4.79 Å². The zero-order valence-electron chi connectivity index (χ0n) is 13.8. The molecule has 26 heavy (non-hydrogen) atoms. The van der Waals surface area contributed by atoms with Crippen LogP contribution in [0.4, 0.5) is 10.8 Å². The molecule has 0 aliphatic rings. The highest BCUT2D eigenvalue weighted by atomic mass is 32.1. The van der Waals surface area contributed by atoms with Crippen LogP contribution in [-0.2, 0) is 0 Å². The number of phenols is 1. The summed E-state index contributed by atoms with van der Waals surface area (Å²) in [6.07, 6.45) is 1.66. The predicted molar refractivity (Wildman–Crippen MR) is 102 cm³/mol. The molecule has 0 aliphatic carbocycles. The molecule has 4 aromatic rings. The topological polar surface area (TPSA) is 92.6 Å². The molecule has 0 unspecified atom stereocenters. The Kier molecular flexibility index (Phi) is 3.85. The number of anilines is 2. The molecule has 0 bridgehead atoms. The molecule has 0 spiro atoms. The number of nitrogens with two attached hydrogens (primary N) is 1. The number of thiazole rings is 1. The third kappa shape index (κ3) is 2.78. The van der Waals surface area contributed by atoms with Gasteiger partial charge >= 0.3 is 0 Å². The number of hydrogen-bond donors (Lipinski definition) is 2. The number of primary amides is 1. The molecule has 0 aliphatic heterocycles. The molecular weight excluding hydrogens is 350 g/mol. The number of aromatic nitrogens is 1. The number of rotatable bonds is 4. The molecule has 4 rings (SSSR count). The van der Waals surface area contributed by atoms with Gasteiger partial charge in [0.15, 0.2) is 5.13 Å². The maximum atomic E-state index is 11.4. The average molecular weight is 365 g/mol. The number of carbonyl (C=O) groups excluding carboxylic acids is 1. The van der Waals surface area contributed by atoms with Gasteiger partial charge in [0.25, 0.3) is 5.91 Å². The van der Waals surface area contributed by atoms with Crippen LogP contribution in [0.2, 0.25) is 0 Å². The molecule has 1 amide bonds. The van der Waals surface area contributed by atoms with Crippen molar-refractivity contribution < 1.29 is 14.3 Å². The van der Waals surface area contributed by atoms with Crippen molar-refractivity contribution in [2.75, 3.05) is 11.9 Å². The van der Waals surface area contributed by atoms with Gasteiger partial charge in [-0.15, -0.1) is 11.3 Å². The lowest BCUT2D eigenvalue weighted by Crippen LogP contribution is -2.11. The van der Waals surface area contributed by atoms with E-state index in [4.69, 9.17) is 10.2 Å². The Morgan fingerprint density at radius 3 is 2.88 bits per heavy atom. The number of fused-ring (bicyclic) bond motifs is 1.